The van der Waals surface area contributed by atoms with Crippen LogP contribution < -0.4 is 5.73 Å². The molecule has 0 radical (unpaired) electrons. The normalized spacial score (nSPS) is 23.9. The van der Waals surface area contributed by atoms with Crippen molar-refractivity contribution in [2.24, 2.45) is 10.9 Å². The Morgan fingerprint density at radius 2 is 2.31 bits per heavy atom. The fourth-order valence-corrected chi connectivity index (χ4v) is 2.27. The second-order valence-corrected chi connectivity index (χ2v) is 4.75. The van der Waals surface area contributed by atoms with Crippen molar-refractivity contribution in [3.63, 3.8) is 0 Å². The molecule has 1 fully saturated rings. The summed E-state index contributed by atoms with van der Waals surface area (Å²) in [7, 11) is 4.20. The molecule has 1 atom stereocenters. The number of nitrogens with zero attached hydrogens (tertiary/aromatic N) is 3. The summed E-state index contributed by atoms with van der Waals surface area (Å²) in [4.78, 5) is 4.54. The lowest BCUT2D eigenvalue weighted by Gasteiger charge is -2.33. The Bertz CT molecular complexity index is 232. The Labute approximate surface area is 97.9 Å². The summed E-state index contributed by atoms with van der Waals surface area (Å²) in [6.07, 6.45) is 5.13. The van der Waals surface area contributed by atoms with Gasteiger partial charge < -0.3 is 15.8 Å². The smallest absolute Gasteiger partial charge is 0.153 e. The number of nitrogens with two attached hydrogens (primary N) is 1. The largest absolute Gasteiger partial charge is 0.409 e. The highest BCUT2D eigenvalue weighted by Gasteiger charge is 2.18. The van der Waals surface area contributed by atoms with Gasteiger partial charge in [0.05, 0.1) is 6.54 Å². The van der Waals surface area contributed by atoms with Gasteiger partial charge in [-0.25, -0.2) is 0 Å². The van der Waals surface area contributed by atoms with Gasteiger partial charge >= 0.3 is 0 Å². The lowest BCUT2D eigenvalue weighted by atomic mass is 10.00. The van der Waals surface area contributed by atoms with Crippen LogP contribution in [0.4, 0.5) is 0 Å². The van der Waals surface area contributed by atoms with Crippen molar-refractivity contribution in [1.82, 2.24) is 9.80 Å². The van der Waals surface area contributed by atoms with E-state index in [9.17, 15) is 0 Å². The molecule has 1 rings (SSSR count). The van der Waals surface area contributed by atoms with Crippen molar-refractivity contribution < 1.29 is 5.21 Å². The van der Waals surface area contributed by atoms with Gasteiger partial charge in [0.1, 0.15) is 0 Å². The van der Waals surface area contributed by atoms with E-state index in [1.807, 2.05) is 7.05 Å². The Hall–Kier alpha value is -0.810. The number of likely N-dealkylation sites (N-methyl/N-ethyl adjacent to an activating group) is 1. The molecule has 16 heavy (non-hydrogen) atoms. The Morgan fingerprint density at radius 1 is 1.56 bits per heavy atom. The summed E-state index contributed by atoms with van der Waals surface area (Å²) >= 11 is 0. The predicted octanol–water partition coefficient (Wildman–Crippen LogP) is 0.539. The first-order valence-corrected chi connectivity index (χ1v) is 5.98. The van der Waals surface area contributed by atoms with E-state index in [0.29, 0.717) is 12.6 Å². The molecule has 0 amide bonds. The molecule has 1 aliphatic rings. The van der Waals surface area contributed by atoms with Crippen LogP contribution in [0.3, 0.4) is 0 Å². The van der Waals surface area contributed by atoms with Crippen LogP contribution in [0.5, 0.6) is 0 Å². The molecule has 0 aromatic rings. The van der Waals surface area contributed by atoms with Crippen LogP contribution in [0.2, 0.25) is 0 Å². The second-order valence-electron chi connectivity index (χ2n) is 4.75. The van der Waals surface area contributed by atoms with E-state index in [-0.39, 0.29) is 5.84 Å². The van der Waals surface area contributed by atoms with Crippen LogP contribution in [0, 0.1) is 0 Å². The lowest BCUT2D eigenvalue weighted by Crippen LogP contribution is -2.39. The monoisotopic (exact) mass is 228 g/mol. The average Bonchev–Trinajstić information content (AvgIpc) is 2.28. The minimum absolute atomic E-state index is 0.277. The highest BCUT2D eigenvalue weighted by Crippen LogP contribution is 2.17. The summed E-state index contributed by atoms with van der Waals surface area (Å²) in [6, 6.07) is 0.698. The fourth-order valence-electron chi connectivity index (χ4n) is 2.27. The van der Waals surface area contributed by atoms with Gasteiger partial charge in [0, 0.05) is 6.04 Å². The van der Waals surface area contributed by atoms with E-state index in [4.69, 9.17) is 10.9 Å². The van der Waals surface area contributed by atoms with Gasteiger partial charge in [0.15, 0.2) is 5.84 Å². The number of amidine groups is 1. The maximum atomic E-state index is 8.47. The van der Waals surface area contributed by atoms with Crippen LogP contribution in [0.1, 0.15) is 25.7 Å². The van der Waals surface area contributed by atoms with Crippen molar-refractivity contribution in [2.75, 3.05) is 33.7 Å². The molecule has 1 unspecified atom stereocenters. The number of piperidine rings is 1. The molecule has 0 saturated carbocycles. The molecule has 94 valence electrons. The molecule has 1 heterocycles. The lowest BCUT2D eigenvalue weighted by molar-refractivity contribution is 0.163. The van der Waals surface area contributed by atoms with Gasteiger partial charge in [0.2, 0.25) is 0 Å². The molecule has 5 nitrogen and oxygen atoms in total. The minimum Gasteiger partial charge on any atom is -0.409 e. The molecule has 0 aliphatic carbocycles. The fraction of sp³-hybridized carbons (Fsp3) is 0.909. The average molecular weight is 228 g/mol. The molecule has 3 N–H and O–H groups in total. The molecule has 0 aromatic carbocycles. The zero-order valence-corrected chi connectivity index (χ0v) is 10.4. The first-order chi connectivity index (χ1) is 7.63. The zero-order chi connectivity index (χ0) is 12.0. The molecule has 0 bridgehead atoms. The highest BCUT2D eigenvalue weighted by atomic mass is 16.4. The van der Waals surface area contributed by atoms with Crippen LogP contribution in [-0.4, -0.2) is 60.6 Å². The van der Waals surface area contributed by atoms with E-state index in [2.05, 4.69) is 22.0 Å². The van der Waals surface area contributed by atoms with Gasteiger partial charge in [-0.2, -0.15) is 0 Å². The molecular formula is C11H24N4O. The SMILES string of the molecule is CN(CCC1CCCCN1C)CC(N)=NO. The van der Waals surface area contributed by atoms with Crippen LogP contribution in [0.15, 0.2) is 5.16 Å². The summed E-state index contributed by atoms with van der Waals surface area (Å²) in [6.45, 7) is 2.74. The Balaban J connectivity index is 2.22. The third-order valence-electron chi connectivity index (χ3n) is 3.33. The van der Waals surface area contributed by atoms with E-state index in [1.54, 1.807) is 0 Å². The minimum atomic E-state index is 0.277. The van der Waals surface area contributed by atoms with E-state index in [1.165, 1.54) is 25.8 Å². The van der Waals surface area contributed by atoms with Crippen molar-refractivity contribution >= 4 is 5.84 Å². The van der Waals surface area contributed by atoms with Gasteiger partial charge in [-0.1, -0.05) is 11.6 Å². The number of oxime groups is 1. The van der Waals surface area contributed by atoms with Crippen LogP contribution in [0.25, 0.3) is 0 Å². The molecule has 0 aromatic heterocycles. The molecule has 5 heteroatoms. The molecule has 1 aliphatic heterocycles. The predicted molar refractivity (Wildman–Crippen MR) is 65.8 cm³/mol. The zero-order valence-electron chi connectivity index (χ0n) is 10.4. The number of hydrogen-bond donors (Lipinski definition) is 2. The maximum absolute atomic E-state index is 8.47. The van der Waals surface area contributed by atoms with Crippen molar-refractivity contribution in [3.8, 4) is 0 Å². The maximum Gasteiger partial charge on any atom is 0.153 e. The third-order valence-corrected chi connectivity index (χ3v) is 3.33. The van der Waals surface area contributed by atoms with Crippen molar-refractivity contribution in [3.05, 3.63) is 0 Å². The van der Waals surface area contributed by atoms with Crippen LogP contribution in [-0.2, 0) is 0 Å². The first kappa shape index (κ1) is 13.3. The van der Waals surface area contributed by atoms with Gasteiger partial charge in [-0.3, -0.25) is 4.90 Å². The highest BCUT2D eigenvalue weighted by molar-refractivity contribution is 5.81. The Kier molecular flexibility index (Phi) is 5.55. The van der Waals surface area contributed by atoms with Gasteiger partial charge in [-0.15, -0.1) is 0 Å². The summed E-state index contributed by atoms with van der Waals surface area (Å²) in [5.41, 5.74) is 5.46. The quantitative estimate of drug-likeness (QED) is 0.312. The molecular weight excluding hydrogens is 204 g/mol. The second kappa shape index (κ2) is 6.70. The van der Waals surface area contributed by atoms with E-state index in [0.717, 1.165) is 13.0 Å². The van der Waals surface area contributed by atoms with E-state index >= 15 is 0 Å². The topological polar surface area (TPSA) is 65.1 Å². The van der Waals surface area contributed by atoms with Gasteiger partial charge in [-0.05, 0) is 46.4 Å². The first-order valence-electron chi connectivity index (χ1n) is 5.98. The summed E-state index contributed by atoms with van der Waals surface area (Å²) in [5.74, 6) is 0.277. The summed E-state index contributed by atoms with van der Waals surface area (Å²) < 4.78 is 0. The number of likely N-dealkylation sites (tertiary alicyclic amines) is 1. The summed E-state index contributed by atoms with van der Waals surface area (Å²) in [5, 5.41) is 11.5. The third kappa shape index (κ3) is 4.37. The molecule has 1 saturated heterocycles. The van der Waals surface area contributed by atoms with E-state index < -0.39 is 0 Å². The molecule has 0 spiro atoms. The number of rotatable bonds is 5. The van der Waals surface area contributed by atoms with Gasteiger partial charge in [0.25, 0.3) is 0 Å². The van der Waals surface area contributed by atoms with Crippen molar-refractivity contribution in [1.29, 1.82) is 0 Å². The Morgan fingerprint density at radius 3 is 2.94 bits per heavy atom. The van der Waals surface area contributed by atoms with Crippen LogP contribution >= 0.6 is 0 Å². The van der Waals surface area contributed by atoms with Crippen molar-refractivity contribution in [2.45, 2.75) is 31.7 Å². The standard InChI is InChI=1S/C11H24N4O/c1-14(9-11(12)13-16)8-6-10-5-3-4-7-15(10)2/h10,16H,3-9H2,1-2H3,(H2,12,13). The number of hydrogen-bond acceptors (Lipinski definition) is 4.